The lowest BCUT2D eigenvalue weighted by molar-refractivity contribution is 0.415. The van der Waals surface area contributed by atoms with Gasteiger partial charge in [-0.3, -0.25) is 9.56 Å². The number of para-hydroxylation sites is 1. The van der Waals surface area contributed by atoms with Gasteiger partial charge in [-0.25, -0.2) is 0 Å². The van der Waals surface area contributed by atoms with Crippen molar-refractivity contribution in [3.63, 3.8) is 0 Å². The van der Waals surface area contributed by atoms with E-state index in [1.807, 2.05) is 24.3 Å². The molecular weight excluding hydrogens is 274 g/mol. The minimum absolute atomic E-state index is 0.814. The van der Waals surface area contributed by atoms with Crippen LogP contribution in [-0.2, 0) is 6.42 Å². The van der Waals surface area contributed by atoms with E-state index in [9.17, 15) is 0 Å². The topological polar surface area (TPSA) is 38.5 Å². The number of nitrogens with zero attached hydrogens (tertiary/aromatic N) is 2. The van der Waals surface area contributed by atoms with Gasteiger partial charge in [0.25, 0.3) is 0 Å². The number of aromatic nitrogens is 1. The van der Waals surface area contributed by atoms with Gasteiger partial charge in [0.15, 0.2) is 0 Å². The Kier molecular flexibility index (Phi) is 3.07. The first-order valence-electron chi connectivity index (χ1n) is 7.40. The van der Waals surface area contributed by atoms with E-state index in [0.29, 0.717) is 0 Å². The fourth-order valence-electron chi connectivity index (χ4n) is 2.89. The van der Waals surface area contributed by atoms with Crippen molar-refractivity contribution in [2.24, 2.45) is 4.99 Å². The number of benzene rings is 2. The Morgan fingerprint density at radius 2 is 1.91 bits per heavy atom. The maximum Gasteiger partial charge on any atom is 0.207 e. The molecule has 1 aliphatic rings. The van der Waals surface area contributed by atoms with Gasteiger partial charge < -0.3 is 10.1 Å². The molecule has 2 heterocycles. The normalized spacial score (nSPS) is 13.6. The summed E-state index contributed by atoms with van der Waals surface area (Å²) in [5.74, 6) is 1.73. The van der Waals surface area contributed by atoms with Crippen LogP contribution in [0.25, 0.3) is 10.9 Å². The number of rotatable bonds is 2. The highest BCUT2D eigenvalue weighted by atomic mass is 16.5. The molecule has 4 heteroatoms. The van der Waals surface area contributed by atoms with Crippen molar-refractivity contribution < 1.29 is 4.74 Å². The lowest BCUT2D eigenvalue weighted by Gasteiger charge is -2.19. The molecule has 4 rings (SSSR count). The average Bonchev–Trinajstić information content (AvgIpc) is 2.95. The second-order valence-corrected chi connectivity index (χ2v) is 5.34. The Balaban J connectivity index is 1.72. The quantitative estimate of drug-likeness (QED) is 0.784. The van der Waals surface area contributed by atoms with Gasteiger partial charge in [0.05, 0.1) is 12.6 Å². The zero-order valence-corrected chi connectivity index (χ0v) is 12.4. The van der Waals surface area contributed by atoms with Crippen LogP contribution in [0.15, 0.2) is 59.6 Å². The first-order chi connectivity index (χ1) is 10.8. The smallest absolute Gasteiger partial charge is 0.207 e. The third-order valence-electron chi connectivity index (χ3n) is 3.97. The molecule has 2 aromatic carbocycles. The Hall–Kier alpha value is -2.75. The number of fused-ring (bicyclic) bond motifs is 3. The van der Waals surface area contributed by atoms with E-state index in [0.717, 1.165) is 30.4 Å². The van der Waals surface area contributed by atoms with Crippen molar-refractivity contribution in [1.29, 1.82) is 0 Å². The molecular formula is C18H17N3O. The molecule has 1 aliphatic heterocycles. The first kappa shape index (κ1) is 13.0. The van der Waals surface area contributed by atoms with Crippen molar-refractivity contribution in [2.75, 3.05) is 19.0 Å². The lowest BCUT2D eigenvalue weighted by Crippen LogP contribution is -2.27. The van der Waals surface area contributed by atoms with Gasteiger partial charge in [-0.05, 0) is 36.4 Å². The van der Waals surface area contributed by atoms with Crippen LogP contribution in [0.5, 0.6) is 5.75 Å². The summed E-state index contributed by atoms with van der Waals surface area (Å²) in [6, 6.07) is 18.6. The Morgan fingerprint density at radius 3 is 2.73 bits per heavy atom. The van der Waals surface area contributed by atoms with Gasteiger partial charge in [0, 0.05) is 29.7 Å². The second kappa shape index (κ2) is 5.22. The summed E-state index contributed by atoms with van der Waals surface area (Å²) in [6.45, 7) is 0.814. The Labute approximate surface area is 129 Å². The van der Waals surface area contributed by atoms with Crippen LogP contribution < -0.4 is 10.1 Å². The predicted molar refractivity (Wildman–Crippen MR) is 90.0 cm³/mol. The molecule has 3 aromatic rings. The van der Waals surface area contributed by atoms with Crippen LogP contribution in [-0.4, -0.2) is 24.2 Å². The largest absolute Gasteiger partial charge is 0.497 e. The number of hydrogen-bond acceptors (Lipinski definition) is 3. The van der Waals surface area contributed by atoms with Gasteiger partial charge in [-0.2, -0.15) is 0 Å². The standard InChI is InChI=1S/C18H17N3O/c1-22-16-8-6-14(7-9-16)20-18-19-11-10-15-12-13-4-2-3-5-17(13)21(15)18/h2-9,12H,10-11H2,1H3,(H,19,20). The minimum atomic E-state index is 0.814. The number of hydrogen-bond donors (Lipinski definition) is 1. The molecule has 4 nitrogen and oxygen atoms in total. The first-order valence-corrected chi connectivity index (χ1v) is 7.40. The summed E-state index contributed by atoms with van der Waals surface area (Å²) in [7, 11) is 1.67. The highest BCUT2D eigenvalue weighted by Gasteiger charge is 2.17. The van der Waals surface area contributed by atoms with Crippen molar-refractivity contribution in [2.45, 2.75) is 6.42 Å². The minimum Gasteiger partial charge on any atom is -0.497 e. The summed E-state index contributed by atoms with van der Waals surface area (Å²) in [5, 5.41) is 4.68. The van der Waals surface area contributed by atoms with Gasteiger partial charge in [0.2, 0.25) is 5.96 Å². The lowest BCUT2D eigenvalue weighted by atomic mass is 10.2. The maximum atomic E-state index is 5.20. The van der Waals surface area contributed by atoms with Crippen molar-refractivity contribution in [3.8, 4) is 5.75 Å². The SMILES string of the molecule is COc1ccc(NC2=NCCc3cc4ccccc4n32)cc1. The number of nitrogens with one attached hydrogen (secondary N) is 1. The molecule has 110 valence electrons. The Bertz CT molecular complexity index is 846. The summed E-state index contributed by atoms with van der Waals surface area (Å²) in [5.41, 5.74) is 3.49. The summed E-state index contributed by atoms with van der Waals surface area (Å²) >= 11 is 0. The molecule has 0 saturated carbocycles. The number of anilines is 1. The monoisotopic (exact) mass is 291 g/mol. The van der Waals surface area contributed by atoms with Crippen LogP contribution in [0.3, 0.4) is 0 Å². The molecule has 0 bridgehead atoms. The maximum absolute atomic E-state index is 5.20. The molecule has 1 aromatic heterocycles. The van der Waals surface area contributed by atoms with Crippen molar-refractivity contribution in [3.05, 3.63) is 60.3 Å². The van der Waals surface area contributed by atoms with Crippen LogP contribution in [0.2, 0.25) is 0 Å². The van der Waals surface area contributed by atoms with E-state index in [-0.39, 0.29) is 0 Å². The Morgan fingerprint density at radius 1 is 1.09 bits per heavy atom. The molecule has 0 radical (unpaired) electrons. The number of aliphatic imine (C=N–C) groups is 1. The third-order valence-corrected chi connectivity index (χ3v) is 3.97. The van der Waals surface area contributed by atoms with Gasteiger partial charge in [-0.1, -0.05) is 18.2 Å². The highest BCUT2D eigenvalue weighted by Crippen LogP contribution is 2.23. The van der Waals surface area contributed by atoms with Gasteiger partial charge in [-0.15, -0.1) is 0 Å². The fourth-order valence-corrected chi connectivity index (χ4v) is 2.89. The summed E-state index contributed by atoms with van der Waals surface area (Å²) in [6.07, 6.45) is 0.975. The van der Waals surface area contributed by atoms with Crippen LogP contribution in [0, 0.1) is 0 Å². The van der Waals surface area contributed by atoms with E-state index in [4.69, 9.17) is 4.74 Å². The van der Waals surface area contributed by atoms with Crippen LogP contribution in [0.4, 0.5) is 5.69 Å². The van der Waals surface area contributed by atoms with E-state index < -0.39 is 0 Å². The molecule has 0 amide bonds. The zero-order valence-electron chi connectivity index (χ0n) is 12.4. The molecule has 1 N–H and O–H groups in total. The fraction of sp³-hybridized carbons (Fsp3) is 0.167. The van der Waals surface area contributed by atoms with Crippen LogP contribution >= 0.6 is 0 Å². The number of ether oxygens (including phenoxy) is 1. The molecule has 0 aliphatic carbocycles. The zero-order chi connectivity index (χ0) is 14.9. The highest BCUT2D eigenvalue weighted by molar-refractivity contribution is 6.03. The second-order valence-electron chi connectivity index (χ2n) is 5.34. The van der Waals surface area contributed by atoms with Crippen molar-refractivity contribution in [1.82, 2.24) is 4.57 Å². The molecule has 0 spiro atoms. The average molecular weight is 291 g/mol. The molecule has 0 atom stereocenters. The number of methoxy groups -OCH3 is 1. The van der Waals surface area contributed by atoms with Crippen LogP contribution in [0.1, 0.15) is 5.69 Å². The van der Waals surface area contributed by atoms with E-state index >= 15 is 0 Å². The molecule has 22 heavy (non-hydrogen) atoms. The van der Waals surface area contributed by atoms with E-state index in [2.05, 4.69) is 45.2 Å². The third kappa shape index (κ3) is 2.13. The van der Waals surface area contributed by atoms with Gasteiger partial charge in [0.1, 0.15) is 5.75 Å². The van der Waals surface area contributed by atoms with E-state index in [1.54, 1.807) is 7.11 Å². The van der Waals surface area contributed by atoms with Gasteiger partial charge >= 0.3 is 0 Å². The summed E-state index contributed by atoms with van der Waals surface area (Å²) < 4.78 is 7.41. The molecule has 0 fully saturated rings. The summed E-state index contributed by atoms with van der Waals surface area (Å²) in [4.78, 5) is 4.67. The van der Waals surface area contributed by atoms with E-state index in [1.165, 1.54) is 16.6 Å². The molecule has 0 saturated heterocycles. The molecule has 0 unspecified atom stereocenters. The van der Waals surface area contributed by atoms with Crippen molar-refractivity contribution >= 4 is 22.5 Å². The predicted octanol–water partition coefficient (Wildman–Crippen LogP) is 3.52.